The third-order valence-corrected chi connectivity index (χ3v) is 4.42. The Balaban J connectivity index is 1.89. The van der Waals surface area contributed by atoms with Gasteiger partial charge in [0.25, 0.3) is 0 Å². The van der Waals surface area contributed by atoms with E-state index in [9.17, 15) is 4.79 Å². The molecule has 0 bridgehead atoms. The summed E-state index contributed by atoms with van der Waals surface area (Å²) < 4.78 is 1.71. The minimum Gasteiger partial charge on any atom is -0.366 e. The number of hydrogen-bond acceptors (Lipinski definition) is 5. The van der Waals surface area contributed by atoms with E-state index in [1.54, 1.807) is 17.1 Å². The lowest BCUT2D eigenvalue weighted by atomic mass is 9.96. The molecule has 0 spiro atoms. The van der Waals surface area contributed by atoms with Crippen LogP contribution in [-0.2, 0) is 4.79 Å². The molecule has 0 radical (unpaired) electrons. The number of anilines is 1. The fourth-order valence-electron chi connectivity index (χ4n) is 3.23. The van der Waals surface area contributed by atoms with Crippen LogP contribution in [0.3, 0.4) is 0 Å². The van der Waals surface area contributed by atoms with Gasteiger partial charge >= 0.3 is 0 Å². The highest BCUT2D eigenvalue weighted by Crippen LogP contribution is 2.35. The Morgan fingerprint density at radius 1 is 1.19 bits per heavy atom. The first-order valence-electron chi connectivity index (χ1n) is 8.25. The lowest BCUT2D eigenvalue weighted by Gasteiger charge is -2.27. The highest BCUT2D eigenvalue weighted by molar-refractivity contribution is 5.95. The number of carbonyl (C=O) groups excluding carboxylic acids is 1. The molecule has 3 heterocycles. The second-order valence-corrected chi connectivity index (χ2v) is 6.28. The summed E-state index contributed by atoms with van der Waals surface area (Å²) in [6.45, 7) is 3.84. The van der Waals surface area contributed by atoms with E-state index in [4.69, 9.17) is 5.73 Å². The topological polar surface area (TPSA) is 98.7 Å². The Morgan fingerprint density at radius 2 is 1.96 bits per heavy atom. The Kier molecular flexibility index (Phi) is 3.76. The summed E-state index contributed by atoms with van der Waals surface area (Å²) in [5.74, 6) is 0.676. The highest BCUT2D eigenvalue weighted by atomic mass is 16.1. The van der Waals surface area contributed by atoms with Gasteiger partial charge in [-0.1, -0.05) is 23.8 Å². The standard InChI is InChI=1S/C19H18N6O/c1-11-4-3-5-14(10-11)18-23-19-22-12(2)15(17(20)26)16(25(19)24-18)13-6-8-21-9-7-13/h3-10,16H,1-2H3,(H2,20,26)(H,22,23,24)/t16-/m1/s1. The number of fused-ring (bicyclic) bond motifs is 1. The van der Waals surface area contributed by atoms with Gasteiger partial charge in [0.2, 0.25) is 11.9 Å². The van der Waals surface area contributed by atoms with Gasteiger partial charge in [-0.2, -0.15) is 4.98 Å². The van der Waals surface area contributed by atoms with Crippen molar-refractivity contribution in [2.45, 2.75) is 19.9 Å². The van der Waals surface area contributed by atoms with Crippen molar-refractivity contribution in [2.24, 2.45) is 5.73 Å². The molecule has 0 fully saturated rings. The lowest BCUT2D eigenvalue weighted by Crippen LogP contribution is -2.31. The predicted molar refractivity (Wildman–Crippen MR) is 98.1 cm³/mol. The van der Waals surface area contributed by atoms with Crippen LogP contribution in [0.1, 0.15) is 24.1 Å². The number of aryl methyl sites for hydroxylation is 1. The van der Waals surface area contributed by atoms with Crippen molar-refractivity contribution >= 4 is 11.9 Å². The summed E-state index contributed by atoms with van der Waals surface area (Å²) in [7, 11) is 0. The number of nitrogens with two attached hydrogens (primary N) is 1. The number of benzene rings is 1. The molecule has 1 amide bonds. The molecular formula is C19H18N6O. The molecule has 2 aromatic heterocycles. The minimum atomic E-state index is -0.491. The predicted octanol–water partition coefficient (Wildman–Crippen LogP) is 2.42. The maximum atomic E-state index is 12.1. The summed E-state index contributed by atoms with van der Waals surface area (Å²) in [6, 6.07) is 11.2. The normalized spacial score (nSPS) is 16.2. The van der Waals surface area contributed by atoms with E-state index in [1.807, 2.05) is 50.2 Å². The van der Waals surface area contributed by atoms with E-state index in [1.165, 1.54) is 0 Å². The van der Waals surface area contributed by atoms with E-state index in [2.05, 4.69) is 20.4 Å². The third kappa shape index (κ3) is 2.63. The average molecular weight is 346 g/mol. The van der Waals surface area contributed by atoms with E-state index in [0.717, 1.165) is 16.7 Å². The number of amides is 1. The van der Waals surface area contributed by atoms with Crippen LogP contribution < -0.4 is 11.1 Å². The Morgan fingerprint density at radius 3 is 2.65 bits per heavy atom. The number of nitrogens with one attached hydrogen (secondary N) is 1. The molecule has 7 nitrogen and oxygen atoms in total. The molecular weight excluding hydrogens is 328 g/mol. The molecule has 1 aliphatic heterocycles. The fourth-order valence-corrected chi connectivity index (χ4v) is 3.23. The van der Waals surface area contributed by atoms with Crippen molar-refractivity contribution in [1.82, 2.24) is 19.7 Å². The van der Waals surface area contributed by atoms with Gasteiger partial charge in [0.1, 0.15) is 6.04 Å². The smallest absolute Gasteiger partial charge is 0.248 e. The van der Waals surface area contributed by atoms with Crippen molar-refractivity contribution in [2.75, 3.05) is 5.32 Å². The van der Waals surface area contributed by atoms with Gasteiger partial charge in [0.15, 0.2) is 5.82 Å². The number of primary amides is 1. The number of rotatable bonds is 3. The van der Waals surface area contributed by atoms with Crippen LogP contribution in [0.25, 0.3) is 11.4 Å². The van der Waals surface area contributed by atoms with Crippen LogP contribution in [0.15, 0.2) is 60.1 Å². The number of hydrogen-bond donors (Lipinski definition) is 2. The fraction of sp³-hybridized carbons (Fsp3) is 0.158. The zero-order valence-corrected chi connectivity index (χ0v) is 14.5. The summed E-state index contributed by atoms with van der Waals surface area (Å²) in [5.41, 5.74) is 9.72. The number of allylic oxidation sites excluding steroid dienone is 1. The first-order valence-corrected chi connectivity index (χ1v) is 8.25. The summed E-state index contributed by atoms with van der Waals surface area (Å²) >= 11 is 0. The number of carbonyl (C=O) groups is 1. The van der Waals surface area contributed by atoms with Gasteiger partial charge in [-0.15, -0.1) is 5.10 Å². The molecule has 3 aromatic rings. The largest absolute Gasteiger partial charge is 0.366 e. The molecule has 7 heteroatoms. The molecule has 1 aromatic carbocycles. The van der Waals surface area contributed by atoms with Gasteiger partial charge in [-0.3, -0.25) is 9.78 Å². The van der Waals surface area contributed by atoms with Crippen LogP contribution in [0.5, 0.6) is 0 Å². The molecule has 26 heavy (non-hydrogen) atoms. The molecule has 0 saturated heterocycles. The molecule has 1 aliphatic rings. The molecule has 0 aliphatic carbocycles. The first-order chi connectivity index (χ1) is 12.5. The molecule has 130 valence electrons. The van der Waals surface area contributed by atoms with Crippen molar-refractivity contribution < 1.29 is 4.79 Å². The lowest BCUT2D eigenvalue weighted by molar-refractivity contribution is -0.115. The van der Waals surface area contributed by atoms with Gasteiger partial charge < -0.3 is 11.1 Å². The number of aromatic nitrogens is 4. The quantitative estimate of drug-likeness (QED) is 0.759. The Bertz CT molecular complexity index is 1020. The zero-order chi connectivity index (χ0) is 18.3. The van der Waals surface area contributed by atoms with Crippen LogP contribution in [0, 0.1) is 6.92 Å². The van der Waals surface area contributed by atoms with Crippen molar-refractivity contribution in [3.8, 4) is 11.4 Å². The van der Waals surface area contributed by atoms with Crippen LogP contribution in [-0.4, -0.2) is 25.7 Å². The monoisotopic (exact) mass is 346 g/mol. The maximum absolute atomic E-state index is 12.1. The SMILES string of the molecule is CC1=C(C(N)=O)[C@@H](c2ccncc2)n2nc(-c3cccc(C)c3)nc2N1. The summed E-state index contributed by atoms with van der Waals surface area (Å²) in [6.07, 6.45) is 3.37. The van der Waals surface area contributed by atoms with Crippen LogP contribution >= 0.6 is 0 Å². The zero-order valence-electron chi connectivity index (χ0n) is 14.5. The molecule has 1 atom stereocenters. The van der Waals surface area contributed by atoms with Crippen LogP contribution in [0.4, 0.5) is 5.95 Å². The van der Waals surface area contributed by atoms with Gasteiger partial charge in [-0.25, -0.2) is 4.68 Å². The van der Waals surface area contributed by atoms with Crippen molar-refractivity contribution in [3.63, 3.8) is 0 Å². The van der Waals surface area contributed by atoms with Gasteiger partial charge in [0.05, 0.1) is 5.57 Å². The second-order valence-electron chi connectivity index (χ2n) is 6.28. The van der Waals surface area contributed by atoms with E-state index in [0.29, 0.717) is 23.0 Å². The minimum absolute atomic E-state index is 0.446. The molecule has 3 N–H and O–H groups in total. The van der Waals surface area contributed by atoms with Gasteiger partial charge in [-0.05, 0) is 37.6 Å². The van der Waals surface area contributed by atoms with Crippen LogP contribution in [0.2, 0.25) is 0 Å². The Hall–Kier alpha value is -3.48. The summed E-state index contributed by atoms with van der Waals surface area (Å²) in [5, 5.41) is 7.82. The average Bonchev–Trinajstić information content (AvgIpc) is 3.04. The molecule has 0 unspecified atom stereocenters. The molecule has 4 rings (SSSR count). The summed E-state index contributed by atoms with van der Waals surface area (Å²) in [4.78, 5) is 20.8. The highest BCUT2D eigenvalue weighted by Gasteiger charge is 2.33. The van der Waals surface area contributed by atoms with E-state index < -0.39 is 11.9 Å². The van der Waals surface area contributed by atoms with E-state index in [-0.39, 0.29) is 0 Å². The van der Waals surface area contributed by atoms with Crippen molar-refractivity contribution in [3.05, 3.63) is 71.2 Å². The van der Waals surface area contributed by atoms with Crippen molar-refractivity contribution in [1.29, 1.82) is 0 Å². The Labute approximate surface area is 150 Å². The first kappa shape index (κ1) is 16.0. The second kappa shape index (κ2) is 6.11. The third-order valence-electron chi connectivity index (χ3n) is 4.42. The van der Waals surface area contributed by atoms with E-state index >= 15 is 0 Å². The number of nitrogens with zero attached hydrogens (tertiary/aromatic N) is 4. The molecule has 0 saturated carbocycles. The van der Waals surface area contributed by atoms with Gasteiger partial charge in [0, 0.05) is 23.7 Å². The number of pyridine rings is 1. The maximum Gasteiger partial charge on any atom is 0.248 e.